The molecule has 4 N–H and O–H groups in total. The van der Waals surface area contributed by atoms with Gasteiger partial charge in [-0.3, -0.25) is 4.79 Å². The predicted octanol–water partition coefficient (Wildman–Crippen LogP) is -3.46. The Morgan fingerprint density at radius 2 is 1.81 bits per heavy atom. The van der Waals surface area contributed by atoms with Gasteiger partial charge in [0.05, 0.1) is 6.61 Å². The summed E-state index contributed by atoms with van der Waals surface area (Å²) in [5.41, 5.74) is 0. The SMILES string of the molecule is CC(=O)O[C@@H](CO)[C@@H](O)[C@H](O)[C@@H](O)C=O.[NaH]. The number of carbonyl (C=O) groups excluding carboxylic acids is 2. The normalized spacial score (nSPS) is 17.6. The Labute approximate surface area is 114 Å². The molecule has 0 heterocycles. The summed E-state index contributed by atoms with van der Waals surface area (Å²) >= 11 is 0. The van der Waals surface area contributed by atoms with E-state index in [0.717, 1.165) is 6.92 Å². The van der Waals surface area contributed by atoms with Gasteiger partial charge in [0.15, 0.2) is 12.4 Å². The van der Waals surface area contributed by atoms with Gasteiger partial charge in [0.1, 0.15) is 18.3 Å². The van der Waals surface area contributed by atoms with Crippen LogP contribution in [0.15, 0.2) is 0 Å². The van der Waals surface area contributed by atoms with Crippen molar-refractivity contribution in [2.24, 2.45) is 0 Å². The minimum absolute atomic E-state index is 0. The quantitative estimate of drug-likeness (QED) is 0.218. The van der Waals surface area contributed by atoms with Crippen LogP contribution in [0.3, 0.4) is 0 Å². The molecule has 8 heteroatoms. The fraction of sp³-hybridized carbons (Fsp3) is 0.750. The molecule has 0 radical (unpaired) electrons. The van der Waals surface area contributed by atoms with Crippen LogP contribution in [0.25, 0.3) is 0 Å². The van der Waals surface area contributed by atoms with E-state index in [1.165, 1.54) is 0 Å². The summed E-state index contributed by atoms with van der Waals surface area (Å²) in [4.78, 5) is 20.6. The van der Waals surface area contributed by atoms with E-state index in [1.54, 1.807) is 0 Å². The van der Waals surface area contributed by atoms with Crippen molar-refractivity contribution in [3.63, 3.8) is 0 Å². The summed E-state index contributed by atoms with van der Waals surface area (Å²) in [7, 11) is 0. The van der Waals surface area contributed by atoms with E-state index in [2.05, 4.69) is 4.74 Å². The second-order valence-corrected chi connectivity index (χ2v) is 2.94. The predicted molar refractivity (Wildman–Crippen MR) is 53.9 cm³/mol. The molecule has 7 nitrogen and oxygen atoms in total. The zero-order chi connectivity index (χ0) is 12.0. The van der Waals surface area contributed by atoms with Gasteiger partial charge >= 0.3 is 35.5 Å². The number of rotatable bonds is 6. The molecule has 16 heavy (non-hydrogen) atoms. The molecule has 0 aromatic heterocycles. The maximum absolute atomic E-state index is 10.5. The first-order valence-electron chi connectivity index (χ1n) is 4.21. The monoisotopic (exact) mass is 246 g/mol. The van der Waals surface area contributed by atoms with Gasteiger partial charge in [0.25, 0.3) is 0 Å². The second-order valence-electron chi connectivity index (χ2n) is 2.94. The number of esters is 1. The Morgan fingerprint density at radius 1 is 1.31 bits per heavy atom. The van der Waals surface area contributed by atoms with Crippen molar-refractivity contribution in [1.29, 1.82) is 0 Å². The fourth-order valence-corrected chi connectivity index (χ4v) is 0.931. The van der Waals surface area contributed by atoms with Crippen LogP contribution in [0.4, 0.5) is 0 Å². The molecule has 0 unspecified atom stereocenters. The average Bonchev–Trinajstić information content (AvgIpc) is 2.22. The number of ether oxygens (including phenoxy) is 1. The van der Waals surface area contributed by atoms with E-state index in [-0.39, 0.29) is 35.8 Å². The molecule has 0 rings (SSSR count). The zero-order valence-electron chi connectivity index (χ0n) is 8.11. The number of aliphatic hydroxyl groups excluding tert-OH is 4. The van der Waals surface area contributed by atoms with Crippen molar-refractivity contribution in [1.82, 2.24) is 0 Å². The number of aliphatic hydroxyl groups is 4. The van der Waals surface area contributed by atoms with E-state index < -0.39 is 37.0 Å². The minimum atomic E-state index is -1.82. The van der Waals surface area contributed by atoms with Crippen molar-refractivity contribution in [3.05, 3.63) is 0 Å². The van der Waals surface area contributed by atoms with E-state index >= 15 is 0 Å². The molecule has 0 fully saturated rings. The molecule has 0 amide bonds. The molecule has 90 valence electrons. The van der Waals surface area contributed by atoms with Crippen LogP contribution < -0.4 is 0 Å². The van der Waals surface area contributed by atoms with E-state index in [1.807, 2.05) is 0 Å². The molecule has 0 saturated carbocycles. The van der Waals surface area contributed by atoms with Crippen LogP contribution in [0, 0.1) is 0 Å². The third-order valence-electron chi connectivity index (χ3n) is 1.72. The first-order chi connectivity index (χ1) is 6.93. The van der Waals surface area contributed by atoms with Gasteiger partial charge in [-0.1, -0.05) is 0 Å². The number of hydrogen-bond acceptors (Lipinski definition) is 7. The van der Waals surface area contributed by atoms with Crippen LogP contribution in [-0.4, -0.2) is 93.3 Å². The molecule has 0 spiro atoms. The molecule has 0 aromatic rings. The Bertz CT molecular complexity index is 222. The summed E-state index contributed by atoms with van der Waals surface area (Å²) in [6.07, 6.45) is -6.72. The first kappa shape index (κ1) is 18.3. The number of hydrogen-bond donors (Lipinski definition) is 4. The maximum atomic E-state index is 10.5. The van der Waals surface area contributed by atoms with Gasteiger partial charge in [-0.2, -0.15) is 0 Å². The number of carbonyl (C=O) groups is 2. The Morgan fingerprint density at radius 3 is 2.12 bits per heavy atom. The molecular weight excluding hydrogens is 231 g/mol. The molecule has 4 atom stereocenters. The standard InChI is InChI=1S/C8H14O7.Na.H/c1-4(11)15-6(3-10)8(14)7(13)5(12)2-9;;/h2,5-8,10,12-14H,3H2,1H3;;/t5-,6-,7+,8+;;/m0../s1. The molecule has 0 bridgehead atoms. The summed E-state index contributed by atoms with van der Waals surface area (Å²) in [5.74, 6) is -0.763. The van der Waals surface area contributed by atoms with Gasteiger partial charge < -0.3 is 30.0 Å². The van der Waals surface area contributed by atoms with Crippen molar-refractivity contribution in [2.45, 2.75) is 31.3 Å². The average molecular weight is 246 g/mol. The van der Waals surface area contributed by atoms with E-state index in [4.69, 9.17) is 15.3 Å². The number of aldehydes is 1. The van der Waals surface area contributed by atoms with Crippen LogP contribution >= 0.6 is 0 Å². The molecule has 0 aliphatic rings. The first-order valence-corrected chi connectivity index (χ1v) is 4.21. The van der Waals surface area contributed by atoms with E-state index in [9.17, 15) is 14.7 Å². The summed E-state index contributed by atoms with van der Waals surface area (Å²) < 4.78 is 4.45. The molecule has 0 saturated heterocycles. The summed E-state index contributed by atoms with van der Waals surface area (Å²) in [5, 5.41) is 36.1. The van der Waals surface area contributed by atoms with Crippen molar-refractivity contribution >= 4 is 41.8 Å². The summed E-state index contributed by atoms with van der Waals surface area (Å²) in [6, 6.07) is 0. The third kappa shape index (κ3) is 5.90. The molecule has 0 aliphatic heterocycles. The van der Waals surface area contributed by atoms with E-state index in [0.29, 0.717) is 0 Å². The van der Waals surface area contributed by atoms with Gasteiger partial charge in [0.2, 0.25) is 0 Å². The van der Waals surface area contributed by atoms with Crippen LogP contribution in [0.2, 0.25) is 0 Å². The molecule has 0 aliphatic carbocycles. The summed E-state index contributed by atoms with van der Waals surface area (Å²) in [6.45, 7) is 0.321. The Hall–Kier alpha value is -0.0200. The van der Waals surface area contributed by atoms with Crippen molar-refractivity contribution in [3.8, 4) is 0 Å². The van der Waals surface area contributed by atoms with Crippen LogP contribution in [0.1, 0.15) is 6.92 Å². The Kier molecular flexibility index (Phi) is 10.4. The zero-order valence-corrected chi connectivity index (χ0v) is 8.11. The van der Waals surface area contributed by atoms with Crippen molar-refractivity contribution < 1.29 is 34.8 Å². The van der Waals surface area contributed by atoms with Gasteiger partial charge in [-0.25, -0.2) is 0 Å². The van der Waals surface area contributed by atoms with Crippen LogP contribution in [-0.2, 0) is 14.3 Å². The molecular formula is C8H15NaO7. The van der Waals surface area contributed by atoms with Crippen molar-refractivity contribution in [2.75, 3.05) is 6.61 Å². The van der Waals surface area contributed by atoms with Crippen LogP contribution in [0.5, 0.6) is 0 Å². The van der Waals surface area contributed by atoms with Gasteiger partial charge in [-0.15, -0.1) is 0 Å². The second kappa shape index (κ2) is 9.06. The third-order valence-corrected chi connectivity index (χ3v) is 1.72. The van der Waals surface area contributed by atoms with Gasteiger partial charge in [0, 0.05) is 6.92 Å². The topological polar surface area (TPSA) is 124 Å². The van der Waals surface area contributed by atoms with Gasteiger partial charge in [-0.05, 0) is 0 Å². The molecule has 0 aromatic carbocycles. The Balaban J connectivity index is 0. The fourth-order valence-electron chi connectivity index (χ4n) is 0.931.